The molecule has 0 bridgehead atoms. The summed E-state index contributed by atoms with van der Waals surface area (Å²) in [7, 11) is 1.38. The Morgan fingerprint density at radius 2 is 1.58 bits per heavy atom. The van der Waals surface area contributed by atoms with Crippen LogP contribution in [0.3, 0.4) is 0 Å². The van der Waals surface area contributed by atoms with Crippen molar-refractivity contribution in [3.05, 3.63) is 99.1 Å². The van der Waals surface area contributed by atoms with Gasteiger partial charge in [-0.1, -0.05) is 67.4 Å². The number of carbonyl (C=O) groups excluding carboxylic acids is 2. The Morgan fingerprint density at radius 3 is 2.24 bits per heavy atom. The molecule has 3 aromatic rings. The maximum atomic E-state index is 13.8. The fourth-order valence-electron chi connectivity index (χ4n) is 4.70. The molecule has 1 unspecified atom stereocenters. The second-order valence-electron chi connectivity index (χ2n) is 10.7. The topological polar surface area (TPSA) is 64.6 Å². The van der Waals surface area contributed by atoms with Crippen LogP contribution in [0, 0.1) is 33.6 Å². The molecule has 0 saturated heterocycles. The Balaban J connectivity index is 1.90. The molecule has 0 aliphatic carbocycles. The highest BCUT2D eigenvalue weighted by atomic mass is 16.5. The molecule has 1 N–H and O–H groups in total. The van der Waals surface area contributed by atoms with Crippen LogP contribution < -0.4 is 10.1 Å². The highest BCUT2D eigenvalue weighted by Gasteiger charge is 2.21. The van der Waals surface area contributed by atoms with E-state index in [-0.39, 0.29) is 24.3 Å². The number of carbonyl (C=O) groups is 2. The van der Waals surface area contributed by atoms with Gasteiger partial charge in [0.25, 0.3) is 5.91 Å². The molecule has 0 radical (unpaired) electrons. The Bertz CT molecular complexity index is 1260. The molecule has 0 aromatic heterocycles. The van der Waals surface area contributed by atoms with Gasteiger partial charge in [-0.3, -0.25) is 9.59 Å². The van der Waals surface area contributed by atoms with Gasteiger partial charge in [0.15, 0.2) is 0 Å². The zero-order valence-electron chi connectivity index (χ0n) is 23.8. The Morgan fingerprint density at radius 1 is 0.868 bits per heavy atom. The number of benzene rings is 3. The summed E-state index contributed by atoms with van der Waals surface area (Å²) in [5.74, 6) is 0.782. The number of rotatable bonds is 11. The summed E-state index contributed by atoms with van der Waals surface area (Å²) in [6.45, 7) is 12.9. The first kappa shape index (κ1) is 29.0. The third-order valence-electron chi connectivity index (χ3n) is 6.64. The maximum Gasteiger partial charge on any atom is 0.305 e. The molecule has 202 valence electrons. The van der Waals surface area contributed by atoms with Crippen LogP contribution in [0.1, 0.15) is 82.0 Å². The standard InChI is InChI=1S/C33H41NO4/c1-21(2)14-30(28-16-23(4)15-24(5)17-28)34-33(36)29-19-26(10-11-27(29)12-13-32(35)37-7)20-38-31-18-22(3)8-9-25(31)6/h8-11,15-19,21,30H,12-14,20H2,1-7H3,(H,34,36). The smallest absolute Gasteiger partial charge is 0.305 e. The predicted molar refractivity (Wildman–Crippen MR) is 153 cm³/mol. The summed E-state index contributed by atoms with van der Waals surface area (Å²) in [6, 6.07) is 18.2. The summed E-state index contributed by atoms with van der Waals surface area (Å²) in [5, 5.41) is 3.30. The lowest BCUT2D eigenvalue weighted by Crippen LogP contribution is -2.30. The summed E-state index contributed by atoms with van der Waals surface area (Å²) >= 11 is 0. The number of amides is 1. The van der Waals surface area contributed by atoms with Gasteiger partial charge < -0.3 is 14.8 Å². The summed E-state index contributed by atoms with van der Waals surface area (Å²) < 4.78 is 11.0. The van der Waals surface area contributed by atoms with Crippen molar-refractivity contribution < 1.29 is 19.1 Å². The van der Waals surface area contributed by atoms with Gasteiger partial charge in [-0.25, -0.2) is 0 Å². The van der Waals surface area contributed by atoms with E-state index in [1.807, 2.05) is 44.2 Å². The van der Waals surface area contributed by atoms with E-state index >= 15 is 0 Å². The van der Waals surface area contributed by atoms with Gasteiger partial charge in [0.1, 0.15) is 12.4 Å². The minimum absolute atomic E-state index is 0.121. The predicted octanol–water partition coefficient (Wildman–Crippen LogP) is 7.12. The number of esters is 1. The van der Waals surface area contributed by atoms with Gasteiger partial charge in [-0.2, -0.15) is 0 Å². The van der Waals surface area contributed by atoms with Crippen LogP contribution >= 0.6 is 0 Å². The Hall–Kier alpha value is -3.60. The molecule has 5 heteroatoms. The number of hydrogen-bond donors (Lipinski definition) is 1. The molecule has 0 heterocycles. The van der Waals surface area contributed by atoms with Crippen LogP contribution in [0.4, 0.5) is 0 Å². The highest BCUT2D eigenvalue weighted by Crippen LogP contribution is 2.26. The van der Waals surface area contributed by atoms with Crippen LogP contribution in [0.5, 0.6) is 5.75 Å². The molecule has 3 aromatic carbocycles. The monoisotopic (exact) mass is 515 g/mol. The number of hydrogen-bond acceptors (Lipinski definition) is 4. The SMILES string of the molecule is COC(=O)CCc1ccc(COc2cc(C)ccc2C)cc1C(=O)NC(CC(C)C)c1cc(C)cc(C)c1. The van der Waals surface area contributed by atoms with E-state index in [1.54, 1.807) is 0 Å². The van der Waals surface area contributed by atoms with Gasteiger partial charge in [-0.05, 0) is 86.4 Å². The first-order valence-corrected chi connectivity index (χ1v) is 13.3. The fraction of sp³-hybridized carbons (Fsp3) is 0.394. The summed E-state index contributed by atoms with van der Waals surface area (Å²) in [4.78, 5) is 25.6. The zero-order chi connectivity index (χ0) is 27.8. The van der Waals surface area contributed by atoms with E-state index in [2.05, 4.69) is 57.3 Å². The lowest BCUT2D eigenvalue weighted by Gasteiger charge is -2.23. The third-order valence-corrected chi connectivity index (χ3v) is 6.64. The van der Waals surface area contributed by atoms with Gasteiger partial charge in [0.05, 0.1) is 13.2 Å². The van der Waals surface area contributed by atoms with Gasteiger partial charge in [-0.15, -0.1) is 0 Å². The number of nitrogens with one attached hydrogen (secondary N) is 1. The van der Waals surface area contributed by atoms with E-state index < -0.39 is 0 Å². The number of methoxy groups -OCH3 is 1. The first-order chi connectivity index (χ1) is 18.0. The van der Waals surface area contributed by atoms with Crippen LogP contribution in [-0.2, 0) is 22.6 Å². The van der Waals surface area contributed by atoms with Crippen LogP contribution in [0.2, 0.25) is 0 Å². The van der Waals surface area contributed by atoms with Crippen molar-refractivity contribution in [3.63, 3.8) is 0 Å². The molecule has 5 nitrogen and oxygen atoms in total. The second-order valence-corrected chi connectivity index (χ2v) is 10.7. The molecule has 0 spiro atoms. The molecule has 0 aliphatic heterocycles. The molecule has 0 fully saturated rings. The minimum Gasteiger partial charge on any atom is -0.489 e. The van der Waals surface area contributed by atoms with Crippen LogP contribution in [0.15, 0.2) is 54.6 Å². The van der Waals surface area contributed by atoms with Crippen molar-refractivity contribution in [3.8, 4) is 5.75 Å². The van der Waals surface area contributed by atoms with E-state index in [0.29, 0.717) is 24.5 Å². The minimum atomic E-state index is -0.299. The van der Waals surface area contributed by atoms with Crippen LogP contribution in [-0.4, -0.2) is 19.0 Å². The van der Waals surface area contributed by atoms with Crippen molar-refractivity contribution in [1.82, 2.24) is 5.32 Å². The van der Waals surface area contributed by atoms with E-state index in [4.69, 9.17) is 9.47 Å². The molecular weight excluding hydrogens is 474 g/mol. The van der Waals surface area contributed by atoms with Gasteiger partial charge in [0, 0.05) is 12.0 Å². The van der Waals surface area contributed by atoms with Crippen molar-refractivity contribution in [1.29, 1.82) is 0 Å². The molecular formula is C33H41NO4. The maximum absolute atomic E-state index is 13.8. The van der Waals surface area contributed by atoms with Crippen molar-refractivity contribution in [2.45, 2.75) is 73.5 Å². The van der Waals surface area contributed by atoms with Crippen molar-refractivity contribution in [2.75, 3.05) is 7.11 Å². The number of ether oxygens (including phenoxy) is 2. The van der Waals surface area contributed by atoms with Crippen molar-refractivity contribution in [2.24, 2.45) is 5.92 Å². The van der Waals surface area contributed by atoms with Crippen molar-refractivity contribution >= 4 is 11.9 Å². The second kappa shape index (κ2) is 13.3. The summed E-state index contributed by atoms with van der Waals surface area (Å²) in [6.07, 6.45) is 1.45. The molecule has 0 aliphatic rings. The normalized spacial score (nSPS) is 11.8. The average Bonchev–Trinajstić information content (AvgIpc) is 2.86. The lowest BCUT2D eigenvalue weighted by molar-refractivity contribution is -0.140. The summed E-state index contributed by atoms with van der Waals surface area (Å²) in [5.41, 5.74) is 7.92. The van der Waals surface area contributed by atoms with E-state index in [0.717, 1.165) is 40.0 Å². The highest BCUT2D eigenvalue weighted by molar-refractivity contribution is 5.96. The Kier molecular flexibility index (Phi) is 10.1. The largest absolute Gasteiger partial charge is 0.489 e. The van der Waals surface area contributed by atoms with Gasteiger partial charge in [0.2, 0.25) is 0 Å². The Labute approximate surface area is 227 Å². The average molecular weight is 516 g/mol. The molecule has 3 rings (SSSR count). The first-order valence-electron chi connectivity index (χ1n) is 13.3. The third kappa shape index (κ3) is 8.20. The quantitative estimate of drug-likeness (QED) is 0.276. The van der Waals surface area contributed by atoms with Crippen LogP contribution in [0.25, 0.3) is 0 Å². The molecule has 38 heavy (non-hydrogen) atoms. The fourth-order valence-corrected chi connectivity index (χ4v) is 4.70. The molecule has 1 atom stereocenters. The van der Waals surface area contributed by atoms with E-state index in [1.165, 1.54) is 18.2 Å². The van der Waals surface area contributed by atoms with Gasteiger partial charge >= 0.3 is 5.97 Å². The molecule has 0 saturated carbocycles. The lowest BCUT2D eigenvalue weighted by atomic mass is 9.93. The zero-order valence-corrected chi connectivity index (χ0v) is 23.8. The van der Waals surface area contributed by atoms with E-state index in [9.17, 15) is 9.59 Å². The number of aryl methyl sites for hydroxylation is 5. The molecule has 1 amide bonds.